The van der Waals surface area contributed by atoms with E-state index in [9.17, 15) is 13.2 Å². The van der Waals surface area contributed by atoms with Crippen molar-refractivity contribution in [2.45, 2.75) is 20.3 Å². The van der Waals surface area contributed by atoms with E-state index in [1.54, 1.807) is 13.8 Å². The van der Waals surface area contributed by atoms with Crippen molar-refractivity contribution in [2.24, 2.45) is 17.0 Å². The monoisotopic (exact) mass is 247 g/mol. The predicted molar refractivity (Wildman–Crippen MR) is 59.5 cm³/mol. The van der Waals surface area contributed by atoms with Crippen LogP contribution in [-0.2, 0) is 14.8 Å². The zero-order valence-corrected chi connectivity index (χ0v) is 10.3. The number of sulfonamides is 1. The highest BCUT2D eigenvalue weighted by Crippen LogP contribution is 2.08. The normalized spacial score (nSPS) is 13.2. The van der Waals surface area contributed by atoms with Crippen LogP contribution in [0.2, 0.25) is 0 Å². The van der Waals surface area contributed by atoms with Gasteiger partial charge in [0.15, 0.2) is 0 Å². The molecule has 0 aliphatic carbocycles. The van der Waals surface area contributed by atoms with Crippen molar-refractivity contribution in [1.82, 2.24) is 5.32 Å². The topological polar surface area (TPSA) is 113 Å². The quantitative estimate of drug-likeness (QED) is 0.620. The van der Waals surface area contributed by atoms with Crippen LogP contribution >= 0.6 is 0 Å². The van der Waals surface area contributed by atoms with Gasteiger partial charge in [-0.1, -0.05) is 13.8 Å². The minimum atomic E-state index is -3.48. The molecule has 16 heavy (non-hydrogen) atoms. The van der Waals surface area contributed by atoms with Crippen LogP contribution in [-0.4, -0.2) is 26.6 Å². The van der Waals surface area contributed by atoms with Gasteiger partial charge in [-0.2, -0.15) is 5.26 Å². The van der Waals surface area contributed by atoms with Gasteiger partial charge in [0.2, 0.25) is 15.9 Å². The highest BCUT2D eigenvalue weighted by atomic mass is 32.2. The molecule has 0 aromatic rings. The summed E-state index contributed by atoms with van der Waals surface area (Å²) in [5, 5.41) is 16.0. The predicted octanol–water partition coefficient (Wildman–Crippen LogP) is -0.423. The molecule has 1 amide bonds. The van der Waals surface area contributed by atoms with Gasteiger partial charge < -0.3 is 5.32 Å². The summed E-state index contributed by atoms with van der Waals surface area (Å²) in [6.07, 6.45) is 0.251. The number of carbonyl (C=O) groups excluding carboxylic acids is 1. The first kappa shape index (κ1) is 14.9. The number of amides is 1. The first-order chi connectivity index (χ1) is 7.28. The Bertz CT molecular complexity index is 370. The maximum atomic E-state index is 11.4. The molecule has 0 heterocycles. The Kier molecular flexibility index (Phi) is 6.00. The number of nitrogens with two attached hydrogens (primary N) is 1. The Morgan fingerprint density at radius 1 is 1.50 bits per heavy atom. The SMILES string of the molecule is CC(C)C(C#N)C(=O)NCCCS(N)(=O)=O. The number of hydrogen-bond donors (Lipinski definition) is 2. The number of nitriles is 1. The van der Waals surface area contributed by atoms with Gasteiger partial charge in [-0.3, -0.25) is 4.79 Å². The van der Waals surface area contributed by atoms with Crippen molar-refractivity contribution in [1.29, 1.82) is 5.26 Å². The van der Waals surface area contributed by atoms with Crippen LogP contribution in [0.15, 0.2) is 0 Å². The van der Waals surface area contributed by atoms with E-state index in [1.165, 1.54) is 0 Å². The molecule has 0 saturated heterocycles. The zero-order chi connectivity index (χ0) is 12.8. The molecule has 0 aliphatic heterocycles. The largest absolute Gasteiger partial charge is 0.355 e. The lowest BCUT2D eigenvalue weighted by molar-refractivity contribution is -0.124. The second-order valence-corrected chi connectivity index (χ2v) is 5.60. The lowest BCUT2D eigenvalue weighted by Crippen LogP contribution is -2.34. The lowest BCUT2D eigenvalue weighted by atomic mass is 9.97. The van der Waals surface area contributed by atoms with Gasteiger partial charge >= 0.3 is 0 Å². The fourth-order valence-electron chi connectivity index (χ4n) is 1.11. The van der Waals surface area contributed by atoms with Gasteiger partial charge in [0.25, 0.3) is 0 Å². The van der Waals surface area contributed by atoms with Crippen LogP contribution in [0.4, 0.5) is 0 Å². The van der Waals surface area contributed by atoms with Gasteiger partial charge in [0, 0.05) is 6.54 Å². The van der Waals surface area contributed by atoms with E-state index in [4.69, 9.17) is 10.4 Å². The Morgan fingerprint density at radius 3 is 2.44 bits per heavy atom. The fourth-order valence-corrected chi connectivity index (χ4v) is 1.65. The number of nitrogens with one attached hydrogen (secondary N) is 1. The molecular weight excluding hydrogens is 230 g/mol. The van der Waals surface area contributed by atoms with Crippen molar-refractivity contribution in [2.75, 3.05) is 12.3 Å². The molecule has 6 nitrogen and oxygen atoms in total. The fraction of sp³-hybridized carbons (Fsp3) is 0.778. The van der Waals surface area contributed by atoms with Crippen LogP contribution in [0.25, 0.3) is 0 Å². The summed E-state index contributed by atoms with van der Waals surface area (Å²) >= 11 is 0. The van der Waals surface area contributed by atoms with E-state index in [1.807, 2.05) is 6.07 Å². The summed E-state index contributed by atoms with van der Waals surface area (Å²) in [6, 6.07) is 1.90. The van der Waals surface area contributed by atoms with Crippen molar-refractivity contribution < 1.29 is 13.2 Å². The summed E-state index contributed by atoms with van der Waals surface area (Å²) in [7, 11) is -3.48. The third-order valence-electron chi connectivity index (χ3n) is 1.99. The molecule has 0 fully saturated rings. The Hall–Kier alpha value is -1.13. The minimum Gasteiger partial charge on any atom is -0.355 e. The minimum absolute atomic E-state index is 0.0664. The highest BCUT2D eigenvalue weighted by molar-refractivity contribution is 7.89. The van der Waals surface area contributed by atoms with E-state index in [2.05, 4.69) is 5.32 Å². The Balaban J connectivity index is 3.95. The summed E-state index contributed by atoms with van der Waals surface area (Å²) in [5.41, 5.74) is 0. The Labute approximate surface area is 95.9 Å². The number of nitrogens with zero attached hydrogens (tertiary/aromatic N) is 1. The van der Waals surface area contributed by atoms with E-state index in [-0.39, 0.29) is 30.5 Å². The molecule has 1 atom stereocenters. The first-order valence-electron chi connectivity index (χ1n) is 4.95. The van der Waals surface area contributed by atoms with Crippen LogP contribution in [0, 0.1) is 23.2 Å². The maximum absolute atomic E-state index is 11.4. The number of carbonyl (C=O) groups is 1. The molecule has 0 saturated carbocycles. The molecule has 0 spiro atoms. The molecular formula is C9H17N3O3S. The van der Waals surface area contributed by atoms with E-state index >= 15 is 0 Å². The van der Waals surface area contributed by atoms with Gasteiger partial charge in [0.1, 0.15) is 5.92 Å². The van der Waals surface area contributed by atoms with Gasteiger partial charge in [-0.25, -0.2) is 13.6 Å². The molecule has 0 radical (unpaired) electrons. The molecule has 0 aromatic carbocycles. The van der Waals surface area contributed by atoms with E-state index in [0.29, 0.717) is 0 Å². The van der Waals surface area contributed by atoms with E-state index < -0.39 is 15.9 Å². The van der Waals surface area contributed by atoms with Crippen molar-refractivity contribution in [3.63, 3.8) is 0 Å². The molecule has 0 aromatic heterocycles. The highest BCUT2D eigenvalue weighted by Gasteiger charge is 2.20. The summed E-state index contributed by atoms with van der Waals surface area (Å²) in [4.78, 5) is 11.4. The molecule has 0 aliphatic rings. The number of rotatable bonds is 6. The van der Waals surface area contributed by atoms with Crippen LogP contribution in [0.3, 0.4) is 0 Å². The lowest BCUT2D eigenvalue weighted by Gasteiger charge is -2.12. The van der Waals surface area contributed by atoms with E-state index in [0.717, 1.165) is 0 Å². The van der Waals surface area contributed by atoms with Gasteiger partial charge in [-0.05, 0) is 12.3 Å². The van der Waals surface area contributed by atoms with Gasteiger partial charge in [0.05, 0.1) is 11.8 Å². The number of hydrogen-bond acceptors (Lipinski definition) is 4. The van der Waals surface area contributed by atoms with Crippen LogP contribution in [0.5, 0.6) is 0 Å². The third kappa shape index (κ3) is 6.37. The molecule has 3 N–H and O–H groups in total. The van der Waals surface area contributed by atoms with Crippen molar-refractivity contribution in [3.8, 4) is 6.07 Å². The summed E-state index contributed by atoms with van der Waals surface area (Å²) in [5.74, 6) is -1.31. The van der Waals surface area contributed by atoms with Crippen molar-refractivity contribution >= 4 is 15.9 Å². The van der Waals surface area contributed by atoms with Crippen LogP contribution < -0.4 is 10.5 Å². The molecule has 92 valence electrons. The standard InChI is InChI=1S/C9H17N3O3S/c1-7(2)8(6-10)9(13)12-4-3-5-16(11,14)15/h7-8H,3-5H2,1-2H3,(H,12,13)(H2,11,14,15). The summed E-state index contributed by atoms with van der Waals surface area (Å²) < 4.78 is 21.2. The average Bonchev–Trinajstić information content (AvgIpc) is 2.11. The smallest absolute Gasteiger partial charge is 0.237 e. The van der Waals surface area contributed by atoms with Crippen molar-refractivity contribution in [3.05, 3.63) is 0 Å². The Morgan fingerprint density at radius 2 is 2.06 bits per heavy atom. The first-order valence-corrected chi connectivity index (χ1v) is 6.67. The molecule has 7 heteroatoms. The van der Waals surface area contributed by atoms with Gasteiger partial charge in [-0.15, -0.1) is 0 Å². The number of primary sulfonamides is 1. The summed E-state index contributed by atoms with van der Waals surface area (Å²) in [6.45, 7) is 3.76. The van der Waals surface area contributed by atoms with Crippen LogP contribution in [0.1, 0.15) is 20.3 Å². The second kappa shape index (κ2) is 6.45. The zero-order valence-electron chi connectivity index (χ0n) is 9.43. The maximum Gasteiger partial charge on any atom is 0.237 e. The average molecular weight is 247 g/mol. The third-order valence-corrected chi connectivity index (χ3v) is 2.85. The second-order valence-electron chi connectivity index (χ2n) is 3.86. The molecule has 1 unspecified atom stereocenters. The molecule has 0 bridgehead atoms. The molecule has 0 rings (SSSR count).